The molecule has 1 atom stereocenters. The maximum absolute atomic E-state index is 10.9. The number of amides is 1. The van der Waals surface area contributed by atoms with E-state index in [1.165, 1.54) is 0 Å². The number of benzene rings is 1. The molecule has 0 aromatic heterocycles. The van der Waals surface area contributed by atoms with Crippen LogP contribution in [0.15, 0.2) is 30.3 Å². The van der Waals surface area contributed by atoms with E-state index in [2.05, 4.69) is 0 Å². The first-order valence-electron chi connectivity index (χ1n) is 5.87. The van der Waals surface area contributed by atoms with E-state index in [0.717, 1.165) is 5.75 Å². The van der Waals surface area contributed by atoms with Gasteiger partial charge in [-0.15, -0.1) is 0 Å². The van der Waals surface area contributed by atoms with Gasteiger partial charge in [0.05, 0.1) is 12.1 Å². The zero-order valence-corrected chi connectivity index (χ0v) is 10.6. The fraction of sp³-hybridized carbons (Fsp3) is 0.462. The number of rotatable bonds is 8. The monoisotopic (exact) mass is 252 g/mol. The summed E-state index contributed by atoms with van der Waals surface area (Å²) in [6.07, 6.45) is 0.396. The third-order valence-corrected chi connectivity index (χ3v) is 2.57. The molecule has 0 aliphatic heterocycles. The Balaban J connectivity index is 2.08. The topological polar surface area (TPSA) is 87.6 Å². The first kappa shape index (κ1) is 14.5. The SMILES string of the molecule is CC(N)(CCOCCOc1ccccc1)C(N)=O. The largest absolute Gasteiger partial charge is 0.491 e. The predicted octanol–water partition coefficient (Wildman–Crippen LogP) is 0.675. The van der Waals surface area contributed by atoms with E-state index in [9.17, 15) is 4.79 Å². The minimum atomic E-state index is -1.01. The highest BCUT2D eigenvalue weighted by atomic mass is 16.5. The summed E-state index contributed by atoms with van der Waals surface area (Å²) in [5.41, 5.74) is 9.81. The van der Waals surface area contributed by atoms with Crippen molar-refractivity contribution in [2.24, 2.45) is 11.5 Å². The summed E-state index contributed by atoms with van der Waals surface area (Å²) >= 11 is 0. The van der Waals surface area contributed by atoms with Crippen molar-refractivity contribution in [2.75, 3.05) is 19.8 Å². The third-order valence-electron chi connectivity index (χ3n) is 2.57. The molecule has 0 fully saturated rings. The highest BCUT2D eigenvalue weighted by molar-refractivity contribution is 5.83. The number of para-hydroxylation sites is 1. The van der Waals surface area contributed by atoms with Crippen LogP contribution >= 0.6 is 0 Å². The summed E-state index contributed by atoms with van der Waals surface area (Å²) in [4.78, 5) is 10.9. The summed E-state index contributed by atoms with van der Waals surface area (Å²) in [6, 6.07) is 9.50. The van der Waals surface area contributed by atoms with Gasteiger partial charge in [-0.3, -0.25) is 4.79 Å². The Morgan fingerprint density at radius 2 is 1.89 bits per heavy atom. The maximum atomic E-state index is 10.9. The Hall–Kier alpha value is -1.59. The average molecular weight is 252 g/mol. The minimum Gasteiger partial charge on any atom is -0.491 e. The van der Waals surface area contributed by atoms with Gasteiger partial charge in [-0.2, -0.15) is 0 Å². The van der Waals surface area contributed by atoms with Crippen molar-refractivity contribution in [2.45, 2.75) is 18.9 Å². The Morgan fingerprint density at radius 1 is 1.22 bits per heavy atom. The fourth-order valence-corrected chi connectivity index (χ4v) is 1.24. The zero-order chi connectivity index (χ0) is 13.4. The third kappa shape index (κ3) is 5.16. The van der Waals surface area contributed by atoms with Gasteiger partial charge in [0, 0.05) is 6.61 Å². The van der Waals surface area contributed by atoms with Crippen LogP contribution in [0.2, 0.25) is 0 Å². The summed E-state index contributed by atoms with van der Waals surface area (Å²) in [5, 5.41) is 0. The van der Waals surface area contributed by atoms with Crippen LogP contribution in [0.25, 0.3) is 0 Å². The van der Waals surface area contributed by atoms with E-state index in [1.807, 2.05) is 30.3 Å². The van der Waals surface area contributed by atoms with Crippen LogP contribution in [0.1, 0.15) is 13.3 Å². The molecule has 1 aromatic rings. The van der Waals surface area contributed by atoms with E-state index in [4.69, 9.17) is 20.9 Å². The number of nitrogens with two attached hydrogens (primary N) is 2. The van der Waals surface area contributed by atoms with Crippen molar-refractivity contribution < 1.29 is 14.3 Å². The molecule has 100 valence electrons. The molecule has 0 aliphatic rings. The highest BCUT2D eigenvalue weighted by Gasteiger charge is 2.24. The van der Waals surface area contributed by atoms with Crippen LogP contribution < -0.4 is 16.2 Å². The zero-order valence-electron chi connectivity index (χ0n) is 10.6. The lowest BCUT2D eigenvalue weighted by atomic mass is 9.99. The van der Waals surface area contributed by atoms with Crippen LogP contribution in [-0.2, 0) is 9.53 Å². The van der Waals surface area contributed by atoms with Gasteiger partial charge in [0.25, 0.3) is 0 Å². The molecule has 5 nitrogen and oxygen atoms in total. The van der Waals surface area contributed by atoms with Gasteiger partial charge >= 0.3 is 0 Å². The van der Waals surface area contributed by atoms with Gasteiger partial charge in [0.1, 0.15) is 12.4 Å². The molecule has 18 heavy (non-hydrogen) atoms. The van der Waals surface area contributed by atoms with E-state index in [-0.39, 0.29) is 0 Å². The minimum absolute atomic E-state index is 0.383. The molecule has 0 aliphatic carbocycles. The molecule has 0 heterocycles. The molecule has 0 bridgehead atoms. The van der Waals surface area contributed by atoms with Crippen LogP contribution in [0.4, 0.5) is 0 Å². The first-order chi connectivity index (χ1) is 8.52. The van der Waals surface area contributed by atoms with E-state index in [1.54, 1.807) is 6.92 Å². The number of ether oxygens (including phenoxy) is 2. The first-order valence-corrected chi connectivity index (χ1v) is 5.87. The van der Waals surface area contributed by atoms with Crippen LogP contribution in [-0.4, -0.2) is 31.3 Å². The quantitative estimate of drug-likeness (QED) is 0.666. The second kappa shape index (κ2) is 6.98. The van der Waals surface area contributed by atoms with Gasteiger partial charge in [0.2, 0.25) is 5.91 Å². The Kier molecular flexibility index (Phi) is 5.61. The molecule has 1 rings (SSSR count). The molecule has 4 N–H and O–H groups in total. The van der Waals surface area contributed by atoms with E-state index < -0.39 is 11.4 Å². The summed E-state index contributed by atoms with van der Waals surface area (Å²) in [7, 11) is 0. The lowest BCUT2D eigenvalue weighted by molar-refractivity contribution is -0.123. The van der Waals surface area contributed by atoms with Crippen LogP contribution in [0, 0.1) is 0 Å². The number of carbonyl (C=O) groups excluding carboxylic acids is 1. The molecular formula is C13H20N2O3. The Labute approximate surface area is 107 Å². The smallest absolute Gasteiger partial charge is 0.237 e. The standard InChI is InChI=1S/C13H20N2O3/c1-13(15,12(14)16)7-8-17-9-10-18-11-5-3-2-4-6-11/h2-6H,7-10,15H2,1H3,(H2,14,16). The molecule has 1 unspecified atom stereocenters. The van der Waals surface area contributed by atoms with Gasteiger partial charge in [-0.05, 0) is 25.5 Å². The van der Waals surface area contributed by atoms with Crippen LogP contribution in [0.3, 0.4) is 0 Å². The lowest BCUT2D eigenvalue weighted by Gasteiger charge is -2.19. The Morgan fingerprint density at radius 3 is 2.50 bits per heavy atom. The fourth-order valence-electron chi connectivity index (χ4n) is 1.24. The molecular weight excluding hydrogens is 232 g/mol. The molecule has 1 aromatic carbocycles. The van der Waals surface area contributed by atoms with Gasteiger partial charge in [-0.25, -0.2) is 0 Å². The number of hydrogen-bond donors (Lipinski definition) is 2. The number of primary amides is 1. The van der Waals surface area contributed by atoms with Crippen molar-refractivity contribution in [3.8, 4) is 5.75 Å². The number of carbonyl (C=O) groups is 1. The predicted molar refractivity (Wildman–Crippen MR) is 69.2 cm³/mol. The summed E-state index contributed by atoms with van der Waals surface area (Å²) < 4.78 is 10.8. The summed E-state index contributed by atoms with van der Waals surface area (Å²) in [6.45, 7) is 2.89. The molecule has 5 heteroatoms. The molecule has 0 radical (unpaired) electrons. The van der Waals surface area contributed by atoms with Crippen molar-refractivity contribution in [1.29, 1.82) is 0 Å². The normalized spacial score (nSPS) is 13.9. The highest BCUT2D eigenvalue weighted by Crippen LogP contribution is 2.08. The molecule has 0 spiro atoms. The maximum Gasteiger partial charge on any atom is 0.237 e. The average Bonchev–Trinajstić information content (AvgIpc) is 2.34. The van der Waals surface area contributed by atoms with Crippen LogP contribution in [0.5, 0.6) is 5.75 Å². The lowest BCUT2D eigenvalue weighted by Crippen LogP contribution is -2.50. The van der Waals surface area contributed by atoms with Gasteiger partial charge in [0.15, 0.2) is 0 Å². The van der Waals surface area contributed by atoms with Crippen molar-refractivity contribution in [3.63, 3.8) is 0 Å². The molecule has 1 amide bonds. The van der Waals surface area contributed by atoms with E-state index in [0.29, 0.717) is 26.2 Å². The van der Waals surface area contributed by atoms with Crippen molar-refractivity contribution in [1.82, 2.24) is 0 Å². The van der Waals surface area contributed by atoms with Crippen molar-refractivity contribution >= 4 is 5.91 Å². The second-order valence-corrected chi connectivity index (χ2v) is 4.31. The molecule has 0 saturated heterocycles. The van der Waals surface area contributed by atoms with Gasteiger partial charge < -0.3 is 20.9 Å². The second-order valence-electron chi connectivity index (χ2n) is 4.31. The summed E-state index contributed by atoms with van der Waals surface area (Å²) in [5.74, 6) is 0.286. The number of hydrogen-bond acceptors (Lipinski definition) is 4. The van der Waals surface area contributed by atoms with Gasteiger partial charge in [-0.1, -0.05) is 18.2 Å². The molecule has 0 saturated carbocycles. The van der Waals surface area contributed by atoms with Crippen molar-refractivity contribution in [3.05, 3.63) is 30.3 Å². The Bertz CT molecular complexity index is 366. The van der Waals surface area contributed by atoms with E-state index >= 15 is 0 Å².